The SMILES string of the molecule is NC(=O)c1ccccc1OC(F)(F)F.O=C(Cl)c1ccc(OC(F)(F)F)cc1. The number of primary amides is 1. The molecule has 12 heteroatoms. The van der Waals surface area contributed by atoms with Gasteiger partial charge in [-0.3, -0.25) is 9.59 Å². The summed E-state index contributed by atoms with van der Waals surface area (Å²) in [6.07, 6.45) is -9.56. The lowest BCUT2D eigenvalue weighted by Crippen LogP contribution is -2.20. The Balaban J connectivity index is 0.000000280. The van der Waals surface area contributed by atoms with Gasteiger partial charge in [-0.15, -0.1) is 26.3 Å². The van der Waals surface area contributed by atoms with E-state index in [4.69, 9.17) is 17.3 Å². The van der Waals surface area contributed by atoms with Gasteiger partial charge in [0.05, 0.1) is 5.56 Å². The van der Waals surface area contributed by atoms with E-state index in [1.165, 1.54) is 12.1 Å². The Bertz CT molecular complexity index is 821. The third-order valence-electron chi connectivity index (χ3n) is 2.69. The summed E-state index contributed by atoms with van der Waals surface area (Å²) in [5.74, 6) is -1.95. The molecule has 0 aliphatic rings. The molecule has 0 atom stereocenters. The molecule has 0 unspecified atom stereocenters. The number of amides is 1. The van der Waals surface area contributed by atoms with Crippen molar-refractivity contribution in [2.45, 2.75) is 12.7 Å². The van der Waals surface area contributed by atoms with Gasteiger partial charge in [0, 0.05) is 5.56 Å². The van der Waals surface area contributed by atoms with Gasteiger partial charge in [-0.05, 0) is 48.0 Å². The number of rotatable bonds is 4. The van der Waals surface area contributed by atoms with Crippen LogP contribution in [0.25, 0.3) is 0 Å². The minimum Gasteiger partial charge on any atom is -0.406 e. The fourth-order valence-electron chi connectivity index (χ4n) is 1.67. The molecular weight excluding hydrogens is 420 g/mol. The molecule has 0 heterocycles. The Labute approximate surface area is 158 Å². The molecule has 0 bridgehead atoms. The van der Waals surface area contributed by atoms with Gasteiger partial charge in [0.2, 0.25) is 0 Å². The Morgan fingerprint density at radius 1 is 0.821 bits per heavy atom. The van der Waals surface area contributed by atoms with E-state index in [9.17, 15) is 35.9 Å². The lowest BCUT2D eigenvalue weighted by atomic mass is 10.2. The average molecular weight is 430 g/mol. The number of hydrogen-bond donors (Lipinski definition) is 1. The largest absolute Gasteiger partial charge is 0.573 e. The van der Waals surface area contributed by atoms with Crippen LogP contribution in [0.5, 0.6) is 11.5 Å². The fraction of sp³-hybridized carbons (Fsp3) is 0.125. The van der Waals surface area contributed by atoms with E-state index in [0.717, 1.165) is 36.4 Å². The molecule has 1 amide bonds. The van der Waals surface area contributed by atoms with Crippen LogP contribution in [0.3, 0.4) is 0 Å². The molecule has 28 heavy (non-hydrogen) atoms. The summed E-state index contributed by atoms with van der Waals surface area (Å²) in [6.45, 7) is 0. The number of hydrogen-bond acceptors (Lipinski definition) is 4. The van der Waals surface area contributed by atoms with E-state index in [1.54, 1.807) is 0 Å². The van der Waals surface area contributed by atoms with Gasteiger partial charge in [-0.1, -0.05) is 12.1 Å². The monoisotopic (exact) mass is 429 g/mol. The first-order chi connectivity index (χ1) is 12.8. The van der Waals surface area contributed by atoms with Crippen molar-refractivity contribution in [3.63, 3.8) is 0 Å². The van der Waals surface area contributed by atoms with Crippen LogP contribution in [0.1, 0.15) is 20.7 Å². The van der Waals surface area contributed by atoms with E-state index in [1.807, 2.05) is 0 Å². The molecule has 0 aliphatic carbocycles. The number of nitrogens with two attached hydrogens (primary N) is 1. The second kappa shape index (κ2) is 9.31. The zero-order chi connectivity index (χ0) is 21.5. The molecule has 2 rings (SSSR count). The highest BCUT2D eigenvalue weighted by Crippen LogP contribution is 2.25. The number of ether oxygens (including phenoxy) is 2. The fourth-order valence-corrected chi connectivity index (χ4v) is 1.80. The quantitative estimate of drug-likeness (QED) is 0.567. The van der Waals surface area contributed by atoms with E-state index in [2.05, 4.69) is 9.47 Å². The van der Waals surface area contributed by atoms with Gasteiger partial charge in [0.25, 0.3) is 11.1 Å². The van der Waals surface area contributed by atoms with Gasteiger partial charge >= 0.3 is 12.7 Å². The van der Waals surface area contributed by atoms with Crippen molar-refractivity contribution in [1.29, 1.82) is 0 Å². The van der Waals surface area contributed by atoms with Crippen molar-refractivity contribution in [1.82, 2.24) is 0 Å². The van der Waals surface area contributed by atoms with Crippen LogP contribution in [-0.4, -0.2) is 23.9 Å². The maximum atomic E-state index is 11.8. The van der Waals surface area contributed by atoms with Crippen molar-refractivity contribution < 1.29 is 45.4 Å². The highest BCUT2D eigenvalue weighted by Gasteiger charge is 2.32. The van der Waals surface area contributed by atoms with E-state index >= 15 is 0 Å². The molecule has 0 spiro atoms. The average Bonchev–Trinajstić information content (AvgIpc) is 2.53. The molecule has 0 aromatic heterocycles. The molecule has 0 fully saturated rings. The molecule has 0 aliphatic heterocycles. The van der Waals surface area contributed by atoms with Crippen LogP contribution < -0.4 is 15.2 Å². The van der Waals surface area contributed by atoms with E-state index in [-0.39, 0.29) is 16.9 Å². The lowest BCUT2D eigenvalue weighted by Gasteiger charge is -2.10. The standard InChI is InChI=1S/C8H4ClF3O2.C8H6F3NO2/c9-7(13)5-1-3-6(4-2-5)14-8(10,11)12;9-8(10,11)14-6-4-2-1-3-5(6)7(12)13/h1-4H;1-4H,(H2,12,13). The van der Waals surface area contributed by atoms with Crippen molar-refractivity contribution in [3.05, 3.63) is 59.7 Å². The first kappa shape index (κ1) is 23.1. The summed E-state index contributed by atoms with van der Waals surface area (Å²) in [4.78, 5) is 21.2. The number of halogens is 7. The van der Waals surface area contributed by atoms with Crippen molar-refractivity contribution >= 4 is 22.8 Å². The molecule has 0 saturated heterocycles. The van der Waals surface area contributed by atoms with Crippen LogP contribution in [0.15, 0.2) is 48.5 Å². The van der Waals surface area contributed by atoms with Crippen LogP contribution >= 0.6 is 11.6 Å². The van der Waals surface area contributed by atoms with E-state index in [0.29, 0.717) is 0 Å². The Kier molecular flexibility index (Phi) is 7.68. The minimum absolute atomic E-state index is 0.112. The number of para-hydroxylation sites is 1. The summed E-state index contributed by atoms with van der Waals surface area (Å²) in [7, 11) is 0. The van der Waals surface area contributed by atoms with Crippen LogP contribution in [0.2, 0.25) is 0 Å². The second-order valence-electron chi connectivity index (χ2n) is 4.75. The number of carbonyl (C=O) groups excluding carboxylic acids is 2. The van der Waals surface area contributed by atoms with Gasteiger partial charge in [-0.2, -0.15) is 0 Å². The molecular formula is C16H10ClF6NO4. The summed E-state index contributed by atoms with van der Waals surface area (Å²) in [5, 5.41) is -0.733. The van der Waals surface area contributed by atoms with Gasteiger partial charge in [-0.25, -0.2) is 0 Å². The number of benzene rings is 2. The van der Waals surface area contributed by atoms with Gasteiger partial charge in [0.1, 0.15) is 11.5 Å². The minimum atomic E-state index is -4.83. The first-order valence-corrected chi connectivity index (χ1v) is 7.36. The Morgan fingerprint density at radius 2 is 1.32 bits per heavy atom. The second-order valence-corrected chi connectivity index (χ2v) is 5.10. The van der Waals surface area contributed by atoms with Crippen molar-refractivity contribution in [3.8, 4) is 11.5 Å². The normalized spacial score (nSPS) is 11.1. The Hall–Kier alpha value is -2.95. The first-order valence-electron chi connectivity index (χ1n) is 6.99. The van der Waals surface area contributed by atoms with E-state index < -0.39 is 29.6 Å². The number of alkyl halides is 6. The third-order valence-corrected chi connectivity index (χ3v) is 2.91. The predicted octanol–water partition coefficient (Wildman–Crippen LogP) is 4.65. The molecule has 2 N–H and O–H groups in total. The van der Waals surface area contributed by atoms with Crippen LogP contribution in [0.4, 0.5) is 26.3 Å². The Morgan fingerprint density at radius 3 is 1.75 bits per heavy atom. The maximum absolute atomic E-state index is 11.8. The van der Waals surface area contributed by atoms with Gasteiger partial charge in [0.15, 0.2) is 0 Å². The zero-order valence-electron chi connectivity index (χ0n) is 13.5. The molecule has 152 valence electrons. The van der Waals surface area contributed by atoms with Crippen molar-refractivity contribution in [2.24, 2.45) is 5.73 Å². The topological polar surface area (TPSA) is 78.6 Å². The van der Waals surface area contributed by atoms with Crippen LogP contribution in [-0.2, 0) is 0 Å². The smallest absolute Gasteiger partial charge is 0.406 e. The summed E-state index contributed by atoms with van der Waals surface area (Å²) < 4.78 is 77.7. The highest BCUT2D eigenvalue weighted by atomic mass is 35.5. The maximum Gasteiger partial charge on any atom is 0.573 e. The molecule has 2 aromatic rings. The zero-order valence-corrected chi connectivity index (χ0v) is 14.2. The van der Waals surface area contributed by atoms with Crippen LogP contribution in [0, 0.1) is 0 Å². The van der Waals surface area contributed by atoms with Gasteiger partial charge < -0.3 is 15.2 Å². The lowest BCUT2D eigenvalue weighted by molar-refractivity contribution is -0.275. The summed E-state index contributed by atoms with van der Waals surface area (Å²) >= 11 is 5.09. The number of carbonyl (C=O) groups is 2. The molecule has 2 aromatic carbocycles. The van der Waals surface area contributed by atoms with Crippen molar-refractivity contribution in [2.75, 3.05) is 0 Å². The predicted molar refractivity (Wildman–Crippen MR) is 85.0 cm³/mol. The molecule has 5 nitrogen and oxygen atoms in total. The summed E-state index contributed by atoms with van der Waals surface area (Å²) in [5.41, 5.74) is 4.66. The third kappa shape index (κ3) is 8.62. The highest BCUT2D eigenvalue weighted by molar-refractivity contribution is 6.67. The molecule has 0 radical (unpaired) electrons. The molecule has 0 saturated carbocycles. The summed E-state index contributed by atoms with van der Waals surface area (Å²) in [6, 6.07) is 9.22.